The highest BCUT2D eigenvalue weighted by molar-refractivity contribution is 7.80. The third kappa shape index (κ3) is 1.67. The van der Waals surface area contributed by atoms with Gasteiger partial charge < -0.3 is 0 Å². The van der Waals surface area contributed by atoms with Crippen LogP contribution in [0.2, 0.25) is 0 Å². The predicted molar refractivity (Wildman–Crippen MR) is 67.2 cm³/mol. The zero-order chi connectivity index (χ0) is 10.1. The van der Waals surface area contributed by atoms with Crippen LogP contribution < -0.4 is 0 Å². The van der Waals surface area contributed by atoms with Crippen LogP contribution in [-0.2, 0) is 0 Å². The van der Waals surface area contributed by atoms with Crippen LogP contribution in [-0.4, -0.2) is 19.0 Å². The highest BCUT2D eigenvalue weighted by atomic mass is 32.1. The third-order valence-electron chi connectivity index (χ3n) is 2.28. The van der Waals surface area contributed by atoms with Gasteiger partial charge in [-0.05, 0) is 36.5 Å². The van der Waals surface area contributed by atoms with E-state index in [9.17, 15) is 0 Å². The highest BCUT2D eigenvalue weighted by Crippen LogP contribution is 2.33. The van der Waals surface area contributed by atoms with Gasteiger partial charge in [0.2, 0.25) is 0 Å². The highest BCUT2D eigenvalue weighted by Gasteiger charge is 2.13. The van der Waals surface area contributed by atoms with E-state index < -0.39 is 0 Å². The maximum atomic E-state index is 4.59. The van der Waals surface area contributed by atoms with Crippen LogP contribution in [0.5, 0.6) is 0 Å². The standard InChI is InChI=1S/C11H13NS2/c1-12(2)11(13)9-7-14-10-6-4-3-5-8(9)10/h3-7,11,13H,1-2H3. The minimum absolute atomic E-state index is 0.186. The van der Waals surface area contributed by atoms with E-state index in [-0.39, 0.29) is 5.37 Å². The van der Waals surface area contributed by atoms with Crippen LogP contribution >= 0.6 is 24.0 Å². The number of hydrogen-bond donors (Lipinski definition) is 1. The first-order chi connectivity index (χ1) is 6.70. The van der Waals surface area contributed by atoms with Crippen molar-refractivity contribution >= 4 is 34.1 Å². The molecular formula is C11H13NS2. The Morgan fingerprint density at radius 1 is 1.29 bits per heavy atom. The largest absolute Gasteiger partial charge is 0.294 e. The Kier molecular flexibility index (Phi) is 2.81. The lowest BCUT2D eigenvalue weighted by Gasteiger charge is -2.18. The Bertz CT molecular complexity index is 434. The van der Waals surface area contributed by atoms with Gasteiger partial charge in [-0.2, -0.15) is 12.6 Å². The molecule has 0 radical (unpaired) electrons. The molecule has 14 heavy (non-hydrogen) atoms. The quantitative estimate of drug-likeness (QED) is 0.603. The van der Waals surface area contributed by atoms with Crippen LogP contribution in [0.15, 0.2) is 29.6 Å². The summed E-state index contributed by atoms with van der Waals surface area (Å²) in [6.45, 7) is 0. The molecule has 1 unspecified atom stereocenters. The van der Waals surface area contributed by atoms with Crippen molar-refractivity contribution in [3.8, 4) is 0 Å². The number of hydrogen-bond acceptors (Lipinski definition) is 3. The van der Waals surface area contributed by atoms with Gasteiger partial charge in [0.25, 0.3) is 0 Å². The van der Waals surface area contributed by atoms with Crippen LogP contribution in [0.25, 0.3) is 10.1 Å². The molecule has 1 aromatic heterocycles. The number of thiol groups is 1. The summed E-state index contributed by atoms with van der Waals surface area (Å²) >= 11 is 6.37. The van der Waals surface area contributed by atoms with Crippen molar-refractivity contribution in [3.05, 3.63) is 35.2 Å². The van der Waals surface area contributed by atoms with E-state index in [1.807, 2.05) is 14.1 Å². The minimum atomic E-state index is 0.186. The van der Waals surface area contributed by atoms with Gasteiger partial charge in [-0.3, -0.25) is 4.90 Å². The molecule has 0 amide bonds. The van der Waals surface area contributed by atoms with E-state index in [0.717, 1.165) is 0 Å². The Labute approximate surface area is 93.8 Å². The average Bonchev–Trinajstić information content (AvgIpc) is 2.60. The molecule has 0 aliphatic carbocycles. The fourth-order valence-corrected chi connectivity index (χ4v) is 2.77. The lowest BCUT2D eigenvalue weighted by molar-refractivity contribution is 0.396. The van der Waals surface area contributed by atoms with Crippen molar-refractivity contribution in [1.29, 1.82) is 0 Å². The lowest BCUT2D eigenvalue weighted by atomic mass is 10.2. The van der Waals surface area contributed by atoms with Gasteiger partial charge in [-0.15, -0.1) is 11.3 Å². The van der Waals surface area contributed by atoms with Gasteiger partial charge in [0.05, 0.1) is 5.37 Å². The summed E-state index contributed by atoms with van der Waals surface area (Å²) in [5.74, 6) is 0. The second-order valence-corrected chi connectivity index (χ2v) is 4.92. The van der Waals surface area contributed by atoms with Gasteiger partial charge in [0.1, 0.15) is 0 Å². The Morgan fingerprint density at radius 2 is 2.00 bits per heavy atom. The number of fused-ring (bicyclic) bond motifs is 1. The fraction of sp³-hybridized carbons (Fsp3) is 0.273. The Hall–Kier alpha value is -0.510. The zero-order valence-corrected chi connectivity index (χ0v) is 9.98. The number of thiophene rings is 1. The number of rotatable bonds is 2. The smallest absolute Gasteiger partial charge is 0.0794 e. The average molecular weight is 223 g/mol. The molecule has 0 N–H and O–H groups in total. The van der Waals surface area contributed by atoms with Crippen LogP contribution in [0, 0.1) is 0 Å². The summed E-state index contributed by atoms with van der Waals surface area (Å²) < 4.78 is 1.34. The summed E-state index contributed by atoms with van der Waals surface area (Å²) in [4.78, 5) is 2.11. The molecule has 0 bridgehead atoms. The molecule has 0 saturated heterocycles. The predicted octanol–water partition coefficient (Wildman–Crippen LogP) is 3.39. The van der Waals surface area contributed by atoms with E-state index in [1.165, 1.54) is 15.6 Å². The van der Waals surface area contributed by atoms with Crippen molar-refractivity contribution in [1.82, 2.24) is 4.90 Å². The van der Waals surface area contributed by atoms with Crippen LogP contribution in [0.3, 0.4) is 0 Å². The van der Waals surface area contributed by atoms with Gasteiger partial charge >= 0.3 is 0 Å². The molecule has 0 fully saturated rings. The fourth-order valence-electron chi connectivity index (χ4n) is 1.48. The summed E-state index contributed by atoms with van der Waals surface area (Å²) in [5, 5.41) is 3.71. The maximum absolute atomic E-state index is 4.59. The van der Waals surface area contributed by atoms with Crippen molar-refractivity contribution in [2.45, 2.75) is 5.37 Å². The van der Waals surface area contributed by atoms with Crippen molar-refractivity contribution in [3.63, 3.8) is 0 Å². The summed E-state index contributed by atoms with van der Waals surface area (Å²) in [6.07, 6.45) is 0. The van der Waals surface area contributed by atoms with Crippen LogP contribution in [0.1, 0.15) is 10.9 Å². The summed E-state index contributed by atoms with van der Waals surface area (Å²) in [7, 11) is 4.09. The molecule has 1 aromatic carbocycles. The van der Waals surface area contributed by atoms with E-state index in [0.29, 0.717) is 0 Å². The van der Waals surface area contributed by atoms with Crippen LogP contribution in [0.4, 0.5) is 0 Å². The molecule has 1 nitrogen and oxygen atoms in total. The summed E-state index contributed by atoms with van der Waals surface area (Å²) in [5.41, 5.74) is 1.30. The first-order valence-electron chi connectivity index (χ1n) is 4.51. The molecule has 1 heterocycles. The third-order valence-corrected chi connectivity index (χ3v) is 4.00. The van der Waals surface area contributed by atoms with Gasteiger partial charge in [0, 0.05) is 4.70 Å². The topological polar surface area (TPSA) is 3.24 Å². The lowest BCUT2D eigenvalue weighted by Crippen LogP contribution is -2.14. The van der Waals surface area contributed by atoms with Gasteiger partial charge in [-0.1, -0.05) is 18.2 Å². The van der Waals surface area contributed by atoms with E-state index in [1.54, 1.807) is 11.3 Å². The molecule has 1 atom stereocenters. The van der Waals surface area contributed by atoms with Gasteiger partial charge in [-0.25, -0.2) is 0 Å². The molecule has 0 aliphatic rings. The molecule has 74 valence electrons. The number of benzene rings is 1. The molecule has 0 saturated carbocycles. The maximum Gasteiger partial charge on any atom is 0.0794 e. The molecular weight excluding hydrogens is 210 g/mol. The monoisotopic (exact) mass is 223 g/mol. The van der Waals surface area contributed by atoms with Crippen molar-refractivity contribution in [2.75, 3.05) is 14.1 Å². The normalized spacial score (nSPS) is 13.7. The van der Waals surface area contributed by atoms with Crippen molar-refractivity contribution < 1.29 is 0 Å². The van der Waals surface area contributed by atoms with Crippen molar-refractivity contribution in [2.24, 2.45) is 0 Å². The minimum Gasteiger partial charge on any atom is -0.294 e. The molecule has 0 aliphatic heterocycles. The van der Waals surface area contributed by atoms with E-state index in [4.69, 9.17) is 0 Å². The van der Waals surface area contributed by atoms with E-state index >= 15 is 0 Å². The first kappa shape index (κ1) is 10.0. The first-order valence-corrected chi connectivity index (χ1v) is 5.90. The number of nitrogens with zero attached hydrogens (tertiary/aromatic N) is 1. The molecule has 3 heteroatoms. The molecule has 2 aromatic rings. The second-order valence-electron chi connectivity index (χ2n) is 3.52. The van der Waals surface area contributed by atoms with Gasteiger partial charge in [0.15, 0.2) is 0 Å². The Balaban J connectivity index is 2.53. The zero-order valence-electron chi connectivity index (χ0n) is 8.27. The Morgan fingerprint density at radius 3 is 2.71 bits per heavy atom. The summed E-state index contributed by atoms with van der Waals surface area (Å²) in [6, 6.07) is 8.47. The molecule has 2 rings (SSSR count). The second kappa shape index (κ2) is 3.93. The SMILES string of the molecule is CN(C)C(S)c1csc2ccccc12. The van der Waals surface area contributed by atoms with E-state index in [2.05, 4.69) is 47.2 Å². The molecule has 0 spiro atoms.